The van der Waals surface area contributed by atoms with Crippen molar-refractivity contribution in [3.8, 4) is 0 Å². The molecule has 0 saturated carbocycles. The number of rotatable bonds is 12. The van der Waals surface area contributed by atoms with E-state index >= 15 is 0 Å². The molecule has 0 saturated heterocycles. The van der Waals surface area contributed by atoms with Crippen LogP contribution >= 0.6 is 14.3 Å². The minimum absolute atomic E-state index is 0.0697. The number of carbonyl (C=O) groups excluding carboxylic acids is 2. The summed E-state index contributed by atoms with van der Waals surface area (Å²) in [6.07, 6.45) is 2.58. The predicted octanol–water partition coefficient (Wildman–Crippen LogP) is 3.78. The van der Waals surface area contributed by atoms with Gasteiger partial charge < -0.3 is 18.6 Å². The van der Waals surface area contributed by atoms with Gasteiger partial charge in [0.05, 0.1) is 26.1 Å². The molecule has 24 heavy (non-hydrogen) atoms. The van der Waals surface area contributed by atoms with Crippen LogP contribution in [0.25, 0.3) is 0 Å². The third-order valence-corrected chi connectivity index (χ3v) is 13.7. The highest BCUT2D eigenvalue weighted by Gasteiger charge is 2.43. The Morgan fingerprint density at radius 1 is 0.917 bits per heavy atom. The van der Waals surface area contributed by atoms with Crippen molar-refractivity contribution in [1.29, 1.82) is 0 Å². The summed E-state index contributed by atoms with van der Waals surface area (Å²) in [5.41, 5.74) is 0. The molecule has 8 heteroatoms. The summed E-state index contributed by atoms with van der Waals surface area (Å²) in [6, 6.07) is 0. The molecule has 0 atom stereocenters. The van der Waals surface area contributed by atoms with Crippen LogP contribution in [-0.4, -0.2) is 55.2 Å². The number of hydrogen-bond donors (Lipinski definition) is 0. The SMILES string of the molecule is C=CC(=O)OCCOC(=O)CC(P(=O)(CC)CC)P(=O)(CC)CC. The minimum atomic E-state index is -2.72. The van der Waals surface area contributed by atoms with E-state index in [4.69, 9.17) is 9.47 Å². The monoisotopic (exact) mass is 380 g/mol. The van der Waals surface area contributed by atoms with E-state index in [0.717, 1.165) is 6.08 Å². The standard InChI is InChI=1S/C16H30O6P2/c1-6-14(17)21-11-12-22-15(18)13-16(23(19,7-2)8-3)24(20,9-4)10-5/h6,16H,1,7-13H2,2-5H3. The van der Waals surface area contributed by atoms with Crippen LogP contribution in [0.2, 0.25) is 0 Å². The summed E-state index contributed by atoms with van der Waals surface area (Å²) in [5, 5.41) is -0.627. The third-order valence-electron chi connectivity index (χ3n) is 4.33. The highest BCUT2D eigenvalue weighted by molar-refractivity contribution is 7.81. The van der Waals surface area contributed by atoms with Gasteiger partial charge in [-0.1, -0.05) is 34.3 Å². The lowest BCUT2D eigenvalue weighted by Crippen LogP contribution is -2.22. The Morgan fingerprint density at radius 3 is 1.71 bits per heavy atom. The summed E-state index contributed by atoms with van der Waals surface area (Å²) in [4.78, 5) is 23.0. The smallest absolute Gasteiger partial charge is 0.330 e. The van der Waals surface area contributed by atoms with Gasteiger partial charge in [0.2, 0.25) is 0 Å². The maximum Gasteiger partial charge on any atom is 0.330 e. The van der Waals surface area contributed by atoms with Crippen molar-refractivity contribution in [2.75, 3.05) is 37.9 Å². The number of esters is 2. The fourth-order valence-corrected chi connectivity index (χ4v) is 11.1. The predicted molar refractivity (Wildman–Crippen MR) is 97.9 cm³/mol. The van der Waals surface area contributed by atoms with E-state index in [1.165, 1.54) is 0 Å². The molecule has 0 aliphatic heterocycles. The van der Waals surface area contributed by atoms with Crippen LogP contribution < -0.4 is 0 Å². The van der Waals surface area contributed by atoms with Gasteiger partial charge in [0, 0.05) is 6.08 Å². The first kappa shape index (κ1) is 23.1. The van der Waals surface area contributed by atoms with Gasteiger partial charge in [-0.25, -0.2) is 4.79 Å². The van der Waals surface area contributed by atoms with Crippen LogP contribution in [0.15, 0.2) is 12.7 Å². The molecule has 0 rings (SSSR count). The molecule has 0 aromatic carbocycles. The average molecular weight is 380 g/mol. The lowest BCUT2D eigenvalue weighted by atomic mass is 10.5. The molecule has 0 aromatic rings. The highest BCUT2D eigenvalue weighted by Crippen LogP contribution is 2.68. The summed E-state index contributed by atoms with van der Waals surface area (Å²) in [6.45, 7) is 10.4. The van der Waals surface area contributed by atoms with Gasteiger partial charge in [-0.05, 0) is 24.6 Å². The zero-order valence-electron chi connectivity index (χ0n) is 15.2. The van der Waals surface area contributed by atoms with Crippen molar-refractivity contribution >= 4 is 26.2 Å². The Kier molecular flexibility index (Phi) is 10.5. The van der Waals surface area contributed by atoms with E-state index in [2.05, 4.69) is 6.58 Å². The molecular weight excluding hydrogens is 350 g/mol. The van der Waals surface area contributed by atoms with Crippen LogP contribution in [0.4, 0.5) is 0 Å². The van der Waals surface area contributed by atoms with Crippen LogP contribution in [0.3, 0.4) is 0 Å². The molecule has 0 aliphatic rings. The molecule has 140 valence electrons. The van der Waals surface area contributed by atoms with Crippen molar-refractivity contribution in [2.24, 2.45) is 0 Å². The van der Waals surface area contributed by atoms with Gasteiger partial charge in [-0.2, -0.15) is 0 Å². The largest absolute Gasteiger partial charge is 0.462 e. The van der Waals surface area contributed by atoms with E-state index in [0.29, 0.717) is 24.6 Å². The number of carbonyl (C=O) groups is 2. The van der Waals surface area contributed by atoms with Gasteiger partial charge >= 0.3 is 11.9 Å². The second-order valence-corrected chi connectivity index (χ2v) is 13.4. The zero-order chi connectivity index (χ0) is 18.8. The van der Waals surface area contributed by atoms with Crippen molar-refractivity contribution in [3.63, 3.8) is 0 Å². The zero-order valence-corrected chi connectivity index (χ0v) is 16.9. The molecule has 0 unspecified atom stereocenters. The molecule has 6 nitrogen and oxygen atoms in total. The number of hydrogen-bond acceptors (Lipinski definition) is 6. The van der Waals surface area contributed by atoms with Crippen LogP contribution in [0.1, 0.15) is 34.1 Å². The quantitative estimate of drug-likeness (QED) is 0.222. The molecule has 0 radical (unpaired) electrons. The Morgan fingerprint density at radius 2 is 1.33 bits per heavy atom. The molecule has 0 bridgehead atoms. The summed E-state index contributed by atoms with van der Waals surface area (Å²) < 4.78 is 36.1. The molecule has 0 amide bonds. The molecule has 0 fully saturated rings. The van der Waals surface area contributed by atoms with Gasteiger partial charge in [0.15, 0.2) is 0 Å². The maximum atomic E-state index is 13.1. The molecule has 0 heterocycles. The van der Waals surface area contributed by atoms with E-state index in [1.54, 1.807) is 0 Å². The summed E-state index contributed by atoms with van der Waals surface area (Å²) in [5.74, 6) is -1.15. The normalized spacial score (nSPS) is 12.0. The minimum Gasteiger partial charge on any atom is -0.462 e. The van der Waals surface area contributed by atoms with Gasteiger partial charge in [-0.3, -0.25) is 4.79 Å². The van der Waals surface area contributed by atoms with Crippen LogP contribution in [0.5, 0.6) is 0 Å². The first-order chi connectivity index (χ1) is 11.2. The van der Waals surface area contributed by atoms with Gasteiger partial charge in [-0.15, -0.1) is 0 Å². The van der Waals surface area contributed by atoms with Crippen molar-refractivity contribution in [1.82, 2.24) is 0 Å². The second-order valence-electron chi connectivity index (χ2n) is 5.45. The van der Waals surface area contributed by atoms with E-state index < -0.39 is 31.6 Å². The lowest BCUT2D eigenvalue weighted by Gasteiger charge is -2.32. The summed E-state index contributed by atoms with van der Waals surface area (Å²) in [7, 11) is -5.44. The van der Waals surface area contributed by atoms with E-state index in [-0.39, 0.29) is 19.6 Å². The van der Waals surface area contributed by atoms with Crippen LogP contribution in [0, 0.1) is 0 Å². The number of ether oxygens (including phenoxy) is 2. The first-order valence-corrected chi connectivity index (χ1v) is 12.6. The Labute approximate surface area is 145 Å². The fraction of sp³-hybridized carbons (Fsp3) is 0.750. The van der Waals surface area contributed by atoms with Crippen molar-refractivity contribution in [3.05, 3.63) is 12.7 Å². The van der Waals surface area contributed by atoms with E-state index in [9.17, 15) is 18.7 Å². The van der Waals surface area contributed by atoms with E-state index in [1.807, 2.05) is 27.7 Å². The summed E-state index contributed by atoms with van der Waals surface area (Å²) >= 11 is 0. The molecule has 0 N–H and O–H groups in total. The maximum absolute atomic E-state index is 13.1. The van der Waals surface area contributed by atoms with Crippen LogP contribution in [-0.2, 0) is 28.2 Å². The molecule has 0 aliphatic carbocycles. The Balaban J connectivity index is 4.99. The lowest BCUT2D eigenvalue weighted by molar-refractivity contribution is -0.149. The molecule has 0 spiro atoms. The highest BCUT2D eigenvalue weighted by atomic mass is 31.2. The molecule has 0 aromatic heterocycles. The Bertz CT molecular complexity index is 487. The van der Waals surface area contributed by atoms with Gasteiger partial charge in [0.25, 0.3) is 0 Å². The first-order valence-electron chi connectivity index (χ1n) is 8.33. The van der Waals surface area contributed by atoms with Gasteiger partial charge in [0.1, 0.15) is 13.2 Å². The van der Waals surface area contributed by atoms with Crippen molar-refractivity contribution < 1.29 is 28.2 Å². The second kappa shape index (κ2) is 10.9. The fourth-order valence-electron chi connectivity index (χ4n) is 2.57. The Hall–Kier alpha value is -0.860. The molecular formula is C16H30O6P2. The average Bonchev–Trinajstić information content (AvgIpc) is 2.61. The van der Waals surface area contributed by atoms with Crippen molar-refractivity contribution in [2.45, 2.75) is 39.5 Å². The topological polar surface area (TPSA) is 86.7 Å². The third kappa shape index (κ3) is 6.57.